The zero-order valence-corrected chi connectivity index (χ0v) is 12.9. The fourth-order valence-corrected chi connectivity index (χ4v) is 4.86. The van der Waals surface area contributed by atoms with Gasteiger partial charge in [0.25, 0.3) is 0 Å². The molecule has 0 spiro atoms. The van der Waals surface area contributed by atoms with E-state index in [2.05, 4.69) is 39.2 Å². The van der Waals surface area contributed by atoms with Gasteiger partial charge in [-0.1, -0.05) is 33.9 Å². The summed E-state index contributed by atoms with van der Waals surface area (Å²) in [6, 6.07) is -0.253. The summed E-state index contributed by atoms with van der Waals surface area (Å²) in [6.07, 6.45) is 1.86. The van der Waals surface area contributed by atoms with Gasteiger partial charge in [0.1, 0.15) is 12.4 Å². The molecule has 1 radical (unpaired) electrons. The maximum Gasteiger partial charge on any atom is 0.222 e. The molecule has 18 heavy (non-hydrogen) atoms. The van der Waals surface area contributed by atoms with Crippen LogP contribution in [0.25, 0.3) is 0 Å². The Hall–Kier alpha value is -0.683. The smallest absolute Gasteiger partial charge is 0.222 e. The van der Waals surface area contributed by atoms with Crippen LogP contribution < -0.4 is 5.32 Å². The fraction of sp³-hybridized carbons (Fsp3) is 0.769. The number of aldehydes is 1. The molecule has 0 bridgehead atoms. The highest BCUT2D eigenvalue weighted by Gasteiger charge is 2.49. The van der Waals surface area contributed by atoms with E-state index in [0.29, 0.717) is 18.9 Å². The molecule has 1 heterocycles. The largest absolute Gasteiger partial charge is 0.385 e. The Bertz CT molecular complexity index is 328. The summed E-state index contributed by atoms with van der Waals surface area (Å²) in [4.78, 5) is 21.8. The van der Waals surface area contributed by atoms with Crippen molar-refractivity contribution in [1.29, 1.82) is 0 Å². The van der Waals surface area contributed by atoms with Crippen LogP contribution in [0.5, 0.6) is 0 Å². The summed E-state index contributed by atoms with van der Waals surface area (Å²) in [5.74, 6) is -0.0355. The van der Waals surface area contributed by atoms with Crippen LogP contribution in [0.15, 0.2) is 0 Å². The third-order valence-electron chi connectivity index (χ3n) is 4.57. The first-order valence-corrected chi connectivity index (χ1v) is 9.47. The number of carbonyl (C=O) groups is 2. The lowest BCUT2D eigenvalue weighted by Gasteiger charge is -2.47. The molecule has 1 saturated heterocycles. The molecule has 103 valence electrons. The van der Waals surface area contributed by atoms with Crippen molar-refractivity contribution in [3.63, 3.8) is 0 Å². The van der Waals surface area contributed by atoms with Gasteiger partial charge < -0.3 is 15.2 Å². The molecular formula is C13H24NO3Si. The molecule has 1 aliphatic heterocycles. The predicted molar refractivity (Wildman–Crippen MR) is 73.4 cm³/mol. The van der Waals surface area contributed by atoms with Crippen LogP contribution in [0.4, 0.5) is 0 Å². The highest BCUT2D eigenvalue weighted by molar-refractivity contribution is 6.82. The van der Waals surface area contributed by atoms with Gasteiger partial charge >= 0.3 is 0 Å². The summed E-state index contributed by atoms with van der Waals surface area (Å²) >= 11 is 0. The number of rotatable bonds is 5. The standard InChI is InChI=1S/C13H24NO3Si/c1-13(2,3)18(4,5)10(6-7-15)12(17)9-8-11(16)14-9/h7,9-10,17H,6,8H2,1-5H3,(H,14,16). The summed E-state index contributed by atoms with van der Waals surface area (Å²) in [5.41, 5.74) is -0.0967. The van der Waals surface area contributed by atoms with E-state index in [1.54, 1.807) is 0 Å². The molecule has 2 unspecified atom stereocenters. The molecule has 1 rings (SSSR count). The van der Waals surface area contributed by atoms with E-state index in [1.165, 1.54) is 0 Å². The minimum absolute atomic E-state index is 0.0355. The number of nitrogens with one attached hydrogen (secondary N) is 1. The zero-order valence-electron chi connectivity index (χ0n) is 11.9. The predicted octanol–water partition coefficient (Wildman–Crippen LogP) is 2.25. The first kappa shape index (κ1) is 15.4. The highest BCUT2D eigenvalue weighted by atomic mass is 28.3. The molecule has 5 heteroatoms. The Labute approximate surface area is 110 Å². The number of hydrogen-bond acceptors (Lipinski definition) is 3. The van der Waals surface area contributed by atoms with E-state index >= 15 is 0 Å². The number of aliphatic hydroxyl groups excluding tert-OH is 1. The van der Waals surface area contributed by atoms with Crippen molar-refractivity contribution in [1.82, 2.24) is 5.32 Å². The van der Waals surface area contributed by atoms with Crippen LogP contribution in [0.3, 0.4) is 0 Å². The number of hydrogen-bond donors (Lipinski definition) is 2. The van der Waals surface area contributed by atoms with Crippen molar-refractivity contribution in [2.75, 3.05) is 0 Å². The van der Waals surface area contributed by atoms with E-state index in [9.17, 15) is 14.7 Å². The van der Waals surface area contributed by atoms with Gasteiger partial charge in [-0.2, -0.15) is 0 Å². The van der Waals surface area contributed by atoms with Gasteiger partial charge in [-0.25, -0.2) is 0 Å². The van der Waals surface area contributed by atoms with Crippen LogP contribution in [0, 0.1) is 6.10 Å². The lowest BCUT2D eigenvalue weighted by Crippen LogP contribution is -2.56. The first-order valence-electron chi connectivity index (χ1n) is 6.40. The Balaban J connectivity index is 2.88. The Morgan fingerprint density at radius 2 is 2.06 bits per heavy atom. The number of β-lactam (4-membered cyclic amide) rings is 1. The molecular weight excluding hydrogens is 246 g/mol. The second kappa shape index (κ2) is 5.13. The molecule has 1 fully saturated rings. The van der Waals surface area contributed by atoms with Gasteiger partial charge in [0.15, 0.2) is 0 Å². The SMILES string of the molecule is CC(C)(C)[Si](C)(C)C(CC=O)[C](O)C1CC(=O)N1. The fourth-order valence-electron chi connectivity index (χ4n) is 2.18. The van der Waals surface area contributed by atoms with Crippen LogP contribution in [-0.4, -0.2) is 31.4 Å². The molecule has 1 amide bonds. The molecule has 0 aromatic carbocycles. The topological polar surface area (TPSA) is 66.4 Å². The van der Waals surface area contributed by atoms with Gasteiger partial charge in [-0.3, -0.25) is 4.79 Å². The Morgan fingerprint density at radius 1 is 1.56 bits per heavy atom. The molecule has 0 aliphatic carbocycles. The highest BCUT2D eigenvalue weighted by Crippen LogP contribution is 2.49. The zero-order chi connectivity index (χ0) is 14.1. The van der Waals surface area contributed by atoms with E-state index < -0.39 is 8.07 Å². The minimum atomic E-state index is -1.86. The number of aliphatic hydroxyl groups is 1. The maximum absolute atomic E-state index is 10.9. The molecule has 0 aromatic heterocycles. The Morgan fingerprint density at radius 3 is 2.39 bits per heavy atom. The van der Waals surface area contributed by atoms with Crippen LogP contribution in [0.2, 0.25) is 23.7 Å². The molecule has 0 saturated carbocycles. The molecule has 1 aliphatic rings. The summed E-state index contributed by atoms with van der Waals surface area (Å²) in [5, 5.41) is 13.1. The van der Waals surface area contributed by atoms with Crippen molar-refractivity contribution >= 4 is 20.3 Å². The molecule has 0 aromatic rings. The summed E-state index contributed by atoms with van der Waals surface area (Å²) in [6.45, 7) is 10.9. The molecule has 4 nitrogen and oxygen atoms in total. The third-order valence-corrected chi connectivity index (χ3v) is 10.7. The first-order chi connectivity index (χ1) is 8.11. The summed E-state index contributed by atoms with van der Waals surface area (Å²) < 4.78 is 0. The molecule has 2 atom stereocenters. The lowest BCUT2D eigenvalue weighted by molar-refractivity contribution is -0.129. The monoisotopic (exact) mass is 270 g/mol. The average Bonchev–Trinajstić information content (AvgIpc) is 2.18. The van der Waals surface area contributed by atoms with E-state index in [0.717, 1.165) is 6.29 Å². The van der Waals surface area contributed by atoms with Crippen molar-refractivity contribution in [2.45, 2.75) is 63.3 Å². The van der Waals surface area contributed by atoms with Crippen LogP contribution in [-0.2, 0) is 9.59 Å². The van der Waals surface area contributed by atoms with E-state index in [4.69, 9.17) is 0 Å². The van der Waals surface area contributed by atoms with Crippen LogP contribution in [0.1, 0.15) is 33.6 Å². The van der Waals surface area contributed by atoms with E-state index in [-0.39, 0.29) is 22.5 Å². The van der Waals surface area contributed by atoms with Crippen molar-refractivity contribution in [3.05, 3.63) is 6.10 Å². The van der Waals surface area contributed by atoms with Crippen LogP contribution >= 0.6 is 0 Å². The lowest BCUT2D eigenvalue weighted by atomic mass is 9.96. The van der Waals surface area contributed by atoms with Gasteiger partial charge in [-0.15, -0.1) is 0 Å². The quantitative estimate of drug-likeness (QED) is 0.457. The average molecular weight is 270 g/mol. The van der Waals surface area contributed by atoms with Gasteiger partial charge in [0, 0.05) is 12.8 Å². The van der Waals surface area contributed by atoms with Gasteiger partial charge in [-0.05, 0) is 10.6 Å². The maximum atomic E-state index is 10.9. The summed E-state index contributed by atoms with van der Waals surface area (Å²) in [7, 11) is -1.86. The van der Waals surface area contributed by atoms with Gasteiger partial charge in [0.05, 0.1) is 14.1 Å². The second-order valence-corrected chi connectivity index (χ2v) is 12.3. The number of amides is 1. The van der Waals surface area contributed by atoms with Crippen molar-refractivity contribution in [3.8, 4) is 0 Å². The Kier molecular flexibility index (Phi) is 4.38. The van der Waals surface area contributed by atoms with Gasteiger partial charge in [0.2, 0.25) is 5.91 Å². The van der Waals surface area contributed by atoms with Crippen molar-refractivity contribution < 1.29 is 14.7 Å². The molecule has 2 N–H and O–H groups in total. The minimum Gasteiger partial charge on any atom is -0.385 e. The normalized spacial score (nSPS) is 22.4. The third kappa shape index (κ3) is 2.83. The van der Waals surface area contributed by atoms with E-state index in [1.807, 2.05) is 0 Å². The van der Waals surface area contributed by atoms with Crippen molar-refractivity contribution in [2.24, 2.45) is 0 Å². The number of carbonyl (C=O) groups excluding carboxylic acids is 2. The second-order valence-electron chi connectivity index (χ2n) is 6.68.